The Hall–Kier alpha value is -2.39. The number of carbonyl (C=O) groups excluding carboxylic acids is 1. The van der Waals surface area contributed by atoms with Crippen molar-refractivity contribution in [3.8, 4) is 0 Å². The fourth-order valence-electron chi connectivity index (χ4n) is 5.93. The summed E-state index contributed by atoms with van der Waals surface area (Å²) in [7, 11) is -4.03. The van der Waals surface area contributed by atoms with Crippen LogP contribution in [0.15, 0.2) is 77.8 Å². The van der Waals surface area contributed by atoms with E-state index in [2.05, 4.69) is 33.1 Å². The normalized spacial score (nSPS) is 18.3. The molecule has 2 N–H and O–H groups in total. The Kier molecular flexibility index (Phi) is 10.9. The van der Waals surface area contributed by atoms with Crippen LogP contribution in [0.5, 0.6) is 0 Å². The molecular weight excluding hydrogens is 625 g/mol. The van der Waals surface area contributed by atoms with Crippen LogP contribution in [0.25, 0.3) is 0 Å². The number of rotatable bonds is 10. The lowest BCUT2D eigenvalue weighted by atomic mass is 9.82. The number of fused-ring (bicyclic) bond motifs is 1. The van der Waals surface area contributed by atoms with Gasteiger partial charge >= 0.3 is 0 Å². The molecule has 2 atom stereocenters. The fraction of sp³-hybridized carbons (Fsp3) is 0.364. The molecule has 1 heterocycles. The van der Waals surface area contributed by atoms with Gasteiger partial charge in [-0.05, 0) is 97.8 Å². The zero-order valence-corrected chi connectivity index (χ0v) is 27.0. The molecule has 0 saturated carbocycles. The monoisotopic (exact) mass is 659 g/mol. The number of nitrogens with one attached hydrogen (secondary N) is 2. The summed E-state index contributed by atoms with van der Waals surface area (Å²) in [6.07, 6.45) is 10.7. The third-order valence-corrected chi connectivity index (χ3v) is 10.6. The third-order valence-electron chi connectivity index (χ3n) is 8.14. The number of sulfonamides is 1. The summed E-state index contributed by atoms with van der Waals surface area (Å²) in [5, 5.41) is 3.65. The molecule has 228 valence electrons. The molecule has 0 radical (unpaired) electrons. The van der Waals surface area contributed by atoms with Gasteiger partial charge in [0.15, 0.2) is 0 Å². The number of benzene rings is 3. The van der Waals surface area contributed by atoms with Crippen LogP contribution in [0.3, 0.4) is 0 Å². The summed E-state index contributed by atoms with van der Waals surface area (Å²) in [5.74, 6) is -0.115. The standard InChI is InChI=1S/C33H36Cl3N3O3S/c34-27-9-5-8-26(19-27)32(38-43(41,42)28-11-13-30(35)31(36)20-28)21-33(40)37-15-14-24-6-4-7-25-18-23(10-12-29(24)25)22-39-16-2-1-3-17-39/h5,8-15,18-20,24,32,38H,1-4,6-7,16-17,21-22H2,(H,37,40)/b15-14+/t24-,32+/m0/s1. The van der Waals surface area contributed by atoms with Gasteiger partial charge in [0.25, 0.3) is 0 Å². The summed E-state index contributed by atoms with van der Waals surface area (Å²) < 4.78 is 29.1. The maximum absolute atomic E-state index is 13.2. The van der Waals surface area contributed by atoms with Crippen LogP contribution >= 0.6 is 34.8 Å². The SMILES string of the molecule is O=C(C[C@@H](NS(=O)(=O)c1ccc(Cl)c(Cl)c1)c1cccc(Cl)c1)N/C=C/[C@@H]1CCCc2cc(CN3CCCCC3)ccc21. The van der Waals surface area contributed by atoms with Crippen LogP contribution in [0.4, 0.5) is 0 Å². The van der Waals surface area contributed by atoms with Crippen LogP contribution in [0.1, 0.15) is 72.7 Å². The quantitative estimate of drug-likeness (QED) is 0.233. The van der Waals surface area contributed by atoms with Crippen molar-refractivity contribution in [2.75, 3.05) is 13.1 Å². The number of piperidine rings is 1. The lowest BCUT2D eigenvalue weighted by Gasteiger charge is -2.28. The highest BCUT2D eigenvalue weighted by Gasteiger charge is 2.25. The number of nitrogens with zero attached hydrogens (tertiary/aromatic N) is 1. The molecule has 2 aliphatic rings. The van der Waals surface area contributed by atoms with Gasteiger partial charge in [-0.1, -0.05) is 77.6 Å². The summed E-state index contributed by atoms with van der Waals surface area (Å²) in [5.41, 5.74) is 4.63. The molecule has 3 aromatic carbocycles. The summed E-state index contributed by atoms with van der Waals surface area (Å²) in [6, 6.07) is 16.8. The summed E-state index contributed by atoms with van der Waals surface area (Å²) in [4.78, 5) is 15.6. The Morgan fingerprint density at radius 2 is 1.77 bits per heavy atom. The first-order valence-electron chi connectivity index (χ1n) is 14.7. The predicted octanol–water partition coefficient (Wildman–Crippen LogP) is 7.79. The molecule has 0 aromatic heterocycles. The van der Waals surface area contributed by atoms with E-state index < -0.39 is 16.1 Å². The second kappa shape index (κ2) is 14.6. The van der Waals surface area contributed by atoms with Crippen molar-refractivity contribution in [3.05, 3.63) is 110 Å². The molecule has 3 aromatic rings. The minimum Gasteiger partial charge on any atom is -0.333 e. The molecule has 0 spiro atoms. The van der Waals surface area contributed by atoms with E-state index in [9.17, 15) is 13.2 Å². The van der Waals surface area contributed by atoms with Crippen molar-refractivity contribution >= 4 is 50.7 Å². The average Bonchev–Trinajstić information content (AvgIpc) is 2.98. The zero-order valence-electron chi connectivity index (χ0n) is 23.9. The molecule has 43 heavy (non-hydrogen) atoms. The van der Waals surface area contributed by atoms with Gasteiger partial charge in [-0.15, -0.1) is 0 Å². The molecule has 1 aliphatic carbocycles. The van der Waals surface area contributed by atoms with E-state index >= 15 is 0 Å². The second-order valence-electron chi connectivity index (χ2n) is 11.3. The smallest absolute Gasteiger partial charge is 0.241 e. The molecule has 6 nitrogen and oxygen atoms in total. The van der Waals surface area contributed by atoms with E-state index in [4.69, 9.17) is 34.8 Å². The predicted molar refractivity (Wildman–Crippen MR) is 174 cm³/mol. The van der Waals surface area contributed by atoms with Crippen molar-refractivity contribution in [1.82, 2.24) is 14.9 Å². The fourth-order valence-corrected chi connectivity index (χ4v) is 7.74. The first-order chi connectivity index (χ1) is 20.7. The molecule has 0 bridgehead atoms. The molecule has 1 fully saturated rings. The lowest BCUT2D eigenvalue weighted by Crippen LogP contribution is -2.32. The topological polar surface area (TPSA) is 78.5 Å². The van der Waals surface area contributed by atoms with Gasteiger partial charge in [0.05, 0.1) is 21.0 Å². The second-order valence-corrected chi connectivity index (χ2v) is 14.3. The van der Waals surface area contributed by atoms with Gasteiger partial charge in [0.1, 0.15) is 0 Å². The number of allylic oxidation sites excluding steroid dienone is 1. The van der Waals surface area contributed by atoms with Crippen LogP contribution in [-0.4, -0.2) is 32.3 Å². The summed E-state index contributed by atoms with van der Waals surface area (Å²) >= 11 is 18.2. The number of carbonyl (C=O) groups is 1. The van der Waals surface area contributed by atoms with E-state index in [1.165, 1.54) is 67.2 Å². The number of hydrogen-bond donors (Lipinski definition) is 2. The Morgan fingerprint density at radius 3 is 2.53 bits per heavy atom. The molecule has 5 rings (SSSR count). The van der Waals surface area contributed by atoms with Crippen molar-refractivity contribution in [2.45, 2.75) is 68.3 Å². The van der Waals surface area contributed by atoms with Crippen LogP contribution in [-0.2, 0) is 27.8 Å². The molecular formula is C33H36Cl3N3O3S. The Labute approximate surface area is 269 Å². The molecule has 1 amide bonds. The maximum Gasteiger partial charge on any atom is 0.241 e. The van der Waals surface area contributed by atoms with Gasteiger partial charge in [0, 0.05) is 30.1 Å². The van der Waals surface area contributed by atoms with E-state index in [0.29, 0.717) is 10.6 Å². The first-order valence-corrected chi connectivity index (χ1v) is 17.3. The number of aryl methyl sites for hydroxylation is 1. The minimum atomic E-state index is -4.03. The highest BCUT2D eigenvalue weighted by molar-refractivity contribution is 7.89. The molecule has 10 heteroatoms. The van der Waals surface area contributed by atoms with Crippen LogP contribution in [0, 0.1) is 0 Å². The Morgan fingerprint density at radius 1 is 0.953 bits per heavy atom. The highest BCUT2D eigenvalue weighted by Crippen LogP contribution is 2.34. The van der Waals surface area contributed by atoms with Crippen molar-refractivity contribution < 1.29 is 13.2 Å². The Balaban J connectivity index is 1.25. The number of halogens is 3. The largest absolute Gasteiger partial charge is 0.333 e. The van der Waals surface area contributed by atoms with Gasteiger partial charge in [0.2, 0.25) is 15.9 Å². The van der Waals surface area contributed by atoms with Crippen LogP contribution < -0.4 is 10.0 Å². The van der Waals surface area contributed by atoms with Crippen molar-refractivity contribution in [2.24, 2.45) is 0 Å². The van der Waals surface area contributed by atoms with E-state index in [-0.39, 0.29) is 33.2 Å². The third kappa shape index (κ3) is 8.62. The molecule has 1 aliphatic heterocycles. The first kappa shape index (κ1) is 32.0. The number of amides is 1. The molecule has 1 saturated heterocycles. The van der Waals surface area contributed by atoms with Gasteiger partial charge in [-0.25, -0.2) is 13.1 Å². The van der Waals surface area contributed by atoms with E-state index in [1.807, 2.05) is 6.08 Å². The summed E-state index contributed by atoms with van der Waals surface area (Å²) in [6.45, 7) is 3.36. The van der Waals surface area contributed by atoms with E-state index in [0.717, 1.165) is 25.8 Å². The highest BCUT2D eigenvalue weighted by atomic mass is 35.5. The van der Waals surface area contributed by atoms with Crippen molar-refractivity contribution in [3.63, 3.8) is 0 Å². The zero-order chi connectivity index (χ0) is 30.4. The van der Waals surface area contributed by atoms with Crippen molar-refractivity contribution in [1.29, 1.82) is 0 Å². The minimum absolute atomic E-state index is 0.0516. The molecule has 0 unspecified atom stereocenters. The number of hydrogen-bond acceptors (Lipinski definition) is 4. The van der Waals surface area contributed by atoms with Gasteiger partial charge < -0.3 is 5.32 Å². The average molecular weight is 661 g/mol. The Bertz CT molecular complexity index is 1590. The van der Waals surface area contributed by atoms with Crippen LogP contribution in [0.2, 0.25) is 15.1 Å². The van der Waals surface area contributed by atoms with Gasteiger partial charge in [-0.3, -0.25) is 9.69 Å². The maximum atomic E-state index is 13.2. The lowest BCUT2D eigenvalue weighted by molar-refractivity contribution is -0.120. The van der Waals surface area contributed by atoms with E-state index in [1.54, 1.807) is 30.5 Å². The van der Waals surface area contributed by atoms with Gasteiger partial charge in [-0.2, -0.15) is 0 Å². The number of likely N-dealkylation sites (tertiary alicyclic amines) is 1.